The number of phenolic OH excluding ortho intramolecular Hbond substituents is 1. The van der Waals surface area contributed by atoms with E-state index in [0.29, 0.717) is 11.7 Å². The van der Waals surface area contributed by atoms with Crippen molar-refractivity contribution in [3.8, 4) is 5.75 Å². The fraction of sp³-hybridized carbons (Fsp3) is 0.571. The van der Waals surface area contributed by atoms with E-state index in [9.17, 15) is 5.11 Å². The number of phenols is 1. The van der Waals surface area contributed by atoms with Gasteiger partial charge in [0.05, 0.1) is 0 Å². The molecule has 1 fully saturated rings. The van der Waals surface area contributed by atoms with E-state index in [2.05, 4.69) is 24.9 Å². The molecule has 0 spiro atoms. The smallest absolute Gasteiger partial charge is 0.115 e. The lowest BCUT2D eigenvalue weighted by Gasteiger charge is -2.33. The van der Waals surface area contributed by atoms with Crippen LogP contribution < -0.4 is 0 Å². The lowest BCUT2D eigenvalue weighted by molar-refractivity contribution is 0.191. The SMILES string of the molecule is C[C@H](c1cccc(O)c1)[C@H]1CCCN(C)C1. The first-order valence-corrected chi connectivity index (χ1v) is 6.14. The predicted molar refractivity (Wildman–Crippen MR) is 66.7 cm³/mol. The van der Waals surface area contributed by atoms with E-state index in [4.69, 9.17) is 0 Å². The number of benzene rings is 1. The molecule has 2 atom stereocenters. The van der Waals surface area contributed by atoms with Gasteiger partial charge in [-0.1, -0.05) is 19.1 Å². The van der Waals surface area contributed by atoms with Crippen LogP contribution in [0.1, 0.15) is 31.2 Å². The van der Waals surface area contributed by atoms with Crippen LogP contribution in [0.25, 0.3) is 0 Å². The van der Waals surface area contributed by atoms with Gasteiger partial charge < -0.3 is 10.0 Å². The van der Waals surface area contributed by atoms with Gasteiger partial charge in [-0.05, 0) is 56.0 Å². The van der Waals surface area contributed by atoms with Gasteiger partial charge in [-0.2, -0.15) is 0 Å². The zero-order chi connectivity index (χ0) is 11.5. The largest absolute Gasteiger partial charge is 0.508 e. The zero-order valence-electron chi connectivity index (χ0n) is 10.2. The average molecular weight is 219 g/mol. The number of aromatic hydroxyl groups is 1. The molecule has 1 heterocycles. The Balaban J connectivity index is 2.09. The van der Waals surface area contributed by atoms with Gasteiger partial charge >= 0.3 is 0 Å². The molecule has 0 radical (unpaired) electrons. The van der Waals surface area contributed by atoms with Crippen molar-refractivity contribution >= 4 is 0 Å². The predicted octanol–water partition coefficient (Wildman–Crippen LogP) is 2.84. The number of likely N-dealkylation sites (tertiary alicyclic amines) is 1. The van der Waals surface area contributed by atoms with Gasteiger partial charge in [-0.15, -0.1) is 0 Å². The summed E-state index contributed by atoms with van der Waals surface area (Å²) in [5.74, 6) is 1.64. The van der Waals surface area contributed by atoms with Crippen LogP contribution in [0.2, 0.25) is 0 Å². The van der Waals surface area contributed by atoms with Crippen molar-refractivity contribution in [1.82, 2.24) is 4.90 Å². The van der Waals surface area contributed by atoms with E-state index in [1.807, 2.05) is 12.1 Å². The maximum Gasteiger partial charge on any atom is 0.115 e. The molecular weight excluding hydrogens is 198 g/mol. The van der Waals surface area contributed by atoms with Crippen molar-refractivity contribution in [3.63, 3.8) is 0 Å². The summed E-state index contributed by atoms with van der Waals surface area (Å²) in [5, 5.41) is 9.50. The molecule has 88 valence electrons. The molecule has 0 bridgehead atoms. The van der Waals surface area contributed by atoms with Crippen LogP contribution in [-0.2, 0) is 0 Å². The maximum atomic E-state index is 9.50. The number of rotatable bonds is 2. The van der Waals surface area contributed by atoms with E-state index >= 15 is 0 Å². The minimum Gasteiger partial charge on any atom is -0.508 e. The molecule has 1 aliphatic heterocycles. The number of hydrogen-bond acceptors (Lipinski definition) is 2. The Morgan fingerprint density at radius 1 is 1.44 bits per heavy atom. The molecule has 0 saturated carbocycles. The summed E-state index contributed by atoms with van der Waals surface area (Å²) in [6, 6.07) is 7.70. The van der Waals surface area contributed by atoms with Crippen LogP contribution in [0.5, 0.6) is 5.75 Å². The van der Waals surface area contributed by atoms with Crippen LogP contribution in [0.3, 0.4) is 0 Å². The summed E-state index contributed by atoms with van der Waals surface area (Å²) >= 11 is 0. The average Bonchev–Trinajstić information content (AvgIpc) is 2.28. The van der Waals surface area contributed by atoms with Crippen molar-refractivity contribution < 1.29 is 5.11 Å². The van der Waals surface area contributed by atoms with Gasteiger partial charge in [-0.3, -0.25) is 0 Å². The fourth-order valence-electron chi connectivity index (χ4n) is 2.69. The molecule has 1 saturated heterocycles. The molecule has 2 nitrogen and oxygen atoms in total. The highest BCUT2D eigenvalue weighted by molar-refractivity contribution is 5.29. The molecule has 1 N–H and O–H groups in total. The monoisotopic (exact) mass is 219 g/mol. The Morgan fingerprint density at radius 2 is 2.25 bits per heavy atom. The number of piperidine rings is 1. The molecule has 1 aromatic carbocycles. The molecule has 0 amide bonds. The van der Waals surface area contributed by atoms with Crippen LogP contribution in [0.4, 0.5) is 0 Å². The zero-order valence-corrected chi connectivity index (χ0v) is 10.2. The van der Waals surface area contributed by atoms with Gasteiger partial charge in [0.2, 0.25) is 0 Å². The standard InChI is InChI=1S/C14H21NO/c1-11(12-5-3-7-14(16)9-12)13-6-4-8-15(2)10-13/h3,5,7,9,11,13,16H,4,6,8,10H2,1-2H3/t11-,13+/m1/s1. The van der Waals surface area contributed by atoms with Crippen molar-refractivity contribution in [3.05, 3.63) is 29.8 Å². The minimum absolute atomic E-state index is 0.383. The Kier molecular flexibility index (Phi) is 3.49. The highest BCUT2D eigenvalue weighted by atomic mass is 16.3. The van der Waals surface area contributed by atoms with Crippen molar-refractivity contribution in [2.75, 3.05) is 20.1 Å². The van der Waals surface area contributed by atoms with E-state index in [0.717, 1.165) is 5.92 Å². The summed E-state index contributed by atoms with van der Waals surface area (Å²) in [6.07, 6.45) is 2.60. The number of hydrogen-bond donors (Lipinski definition) is 1. The molecule has 1 aliphatic rings. The third-order valence-corrected chi connectivity index (χ3v) is 3.76. The second-order valence-corrected chi connectivity index (χ2v) is 5.05. The minimum atomic E-state index is 0.383. The first-order chi connectivity index (χ1) is 7.66. The molecule has 2 rings (SSSR count). The van der Waals surface area contributed by atoms with Crippen LogP contribution in [0.15, 0.2) is 24.3 Å². The summed E-state index contributed by atoms with van der Waals surface area (Å²) < 4.78 is 0. The van der Waals surface area contributed by atoms with E-state index in [-0.39, 0.29) is 0 Å². The van der Waals surface area contributed by atoms with E-state index in [1.54, 1.807) is 6.07 Å². The first kappa shape index (κ1) is 11.5. The summed E-state index contributed by atoms with van der Waals surface area (Å²) in [4.78, 5) is 2.41. The Morgan fingerprint density at radius 3 is 2.94 bits per heavy atom. The second-order valence-electron chi connectivity index (χ2n) is 5.05. The fourth-order valence-corrected chi connectivity index (χ4v) is 2.69. The normalized spacial score (nSPS) is 24.2. The summed E-state index contributed by atoms with van der Waals surface area (Å²) in [6.45, 7) is 4.68. The number of nitrogens with zero attached hydrogens (tertiary/aromatic N) is 1. The van der Waals surface area contributed by atoms with E-state index in [1.165, 1.54) is 31.5 Å². The van der Waals surface area contributed by atoms with Crippen molar-refractivity contribution in [2.45, 2.75) is 25.7 Å². The van der Waals surface area contributed by atoms with Crippen LogP contribution >= 0.6 is 0 Å². The van der Waals surface area contributed by atoms with Crippen LogP contribution in [0, 0.1) is 5.92 Å². The van der Waals surface area contributed by atoms with Crippen molar-refractivity contribution in [1.29, 1.82) is 0 Å². The Bertz CT molecular complexity index is 350. The molecule has 2 heteroatoms. The molecule has 16 heavy (non-hydrogen) atoms. The molecule has 0 aromatic heterocycles. The third kappa shape index (κ3) is 2.56. The lowest BCUT2D eigenvalue weighted by atomic mass is 9.82. The van der Waals surface area contributed by atoms with Gasteiger partial charge in [0, 0.05) is 6.54 Å². The van der Waals surface area contributed by atoms with Gasteiger partial charge in [-0.25, -0.2) is 0 Å². The second kappa shape index (κ2) is 4.88. The third-order valence-electron chi connectivity index (χ3n) is 3.76. The Hall–Kier alpha value is -1.02. The molecule has 0 aliphatic carbocycles. The maximum absolute atomic E-state index is 9.50. The lowest BCUT2D eigenvalue weighted by Crippen LogP contribution is -2.34. The highest BCUT2D eigenvalue weighted by Crippen LogP contribution is 2.32. The van der Waals surface area contributed by atoms with Crippen LogP contribution in [-0.4, -0.2) is 30.1 Å². The first-order valence-electron chi connectivity index (χ1n) is 6.14. The summed E-state index contributed by atoms with van der Waals surface area (Å²) in [5.41, 5.74) is 1.26. The quantitative estimate of drug-likeness (QED) is 0.826. The van der Waals surface area contributed by atoms with Gasteiger partial charge in [0.1, 0.15) is 5.75 Å². The van der Waals surface area contributed by atoms with Gasteiger partial charge in [0.25, 0.3) is 0 Å². The van der Waals surface area contributed by atoms with E-state index < -0.39 is 0 Å². The topological polar surface area (TPSA) is 23.5 Å². The van der Waals surface area contributed by atoms with Crippen molar-refractivity contribution in [2.24, 2.45) is 5.92 Å². The molecular formula is C14H21NO. The summed E-state index contributed by atoms with van der Waals surface area (Å²) in [7, 11) is 2.20. The molecule has 0 unspecified atom stereocenters. The molecule has 1 aromatic rings. The highest BCUT2D eigenvalue weighted by Gasteiger charge is 2.23. The Labute approximate surface area is 97.9 Å². The van der Waals surface area contributed by atoms with Gasteiger partial charge in [0.15, 0.2) is 0 Å².